The van der Waals surface area contributed by atoms with Crippen LogP contribution < -0.4 is 4.74 Å². The van der Waals surface area contributed by atoms with E-state index in [1.165, 1.54) is 19.3 Å². The Kier molecular flexibility index (Phi) is 5.16. The number of likely N-dealkylation sites (tertiary alicyclic amines) is 1. The molecule has 3 aromatic carbocycles. The van der Waals surface area contributed by atoms with Crippen LogP contribution in [0.3, 0.4) is 0 Å². The summed E-state index contributed by atoms with van der Waals surface area (Å²) < 4.78 is 5.59. The standard InChI is InChI=1S/C23H21NO2S/c25-23(21-10-6-8-17-7-2-3-9-20(17)21)26-19-13-11-18(12-14-19)22(27)24-15-4-1-5-16-24/h2-3,6-14H,1,4-5,15-16H2. The Bertz CT molecular complexity index is 970. The molecule has 0 radical (unpaired) electrons. The lowest BCUT2D eigenvalue weighted by Gasteiger charge is -2.29. The number of hydrogen-bond acceptors (Lipinski definition) is 3. The summed E-state index contributed by atoms with van der Waals surface area (Å²) in [6, 6.07) is 21.0. The zero-order valence-electron chi connectivity index (χ0n) is 15.1. The molecule has 3 nitrogen and oxygen atoms in total. The number of fused-ring (bicyclic) bond motifs is 1. The highest BCUT2D eigenvalue weighted by atomic mass is 32.1. The number of thiocarbonyl (C=S) groups is 1. The number of carbonyl (C=O) groups is 1. The maximum atomic E-state index is 12.6. The normalized spacial score (nSPS) is 14.1. The quantitative estimate of drug-likeness (QED) is 0.357. The molecule has 3 aromatic rings. The Balaban J connectivity index is 1.49. The minimum atomic E-state index is -0.349. The molecule has 1 fully saturated rings. The van der Waals surface area contributed by atoms with Crippen LogP contribution in [0.2, 0.25) is 0 Å². The molecule has 4 heteroatoms. The van der Waals surface area contributed by atoms with E-state index in [2.05, 4.69) is 4.90 Å². The van der Waals surface area contributed by atoms with Crippen LogP contribution in [0.4, 0.5) is 0 Å². The van der Waals surface area contributed by atoms with Gasteiger partial charge in [-0.05, 0) is 60.4 Å². The maximum Gasteiger partial charge on any atom is 0.344 e. The summed E-state index contributed by atoms with van der Waals surface area (Å²) in [6.07, 6.45) is 3.67. The van der Waals surface area contributed by atoms with Gasteiger partial charge in [-0.3, -0.25) is 0 Å². The van der Waals surface area contributed by atoms with Crippen molar-refractivity contribution in [1.29, 1.82) is 0 Å². The fourth-order valence-corrected chi connectivity index (χ4v) is 3.83. The lowest BCUT2D eigenvalue weighted by atomic mass is 10.0. The summed E-state index contributed by atoms with van der Waals surface area (Å²) in [5, 5.41) is 1.92. The van der Waals surface area contributed by atoms with Crippen molar-refractivity contribution in [3.63, 3.8) is 0 Å². The molecule has 27 heavy (non-hydrogen) atoms. The highest BCUT2D eigenvalue weighted by Gasteiger charge is 2.16. The van der Waals surface area contributed by atoms with Gasteiger partial charge in [0.25, 0.3) is 0 Å². The smallest absolute Gasteiger partial charge is 0.344 e. The molecule has 0 N–H and O–H groups in total. The van der Waals surface area contributed by atoms with E-state index in [4.69, 9.17) is 17.0 Å². The molecular formula is C23H21NO2S. The molecule has 4 rings (SSSR count). The van der Waals surface area contributed by atoms with Crippen LogP contribution >= 0.6 is 12.2 Å². The zero-order valence-corrected chi connectivity index (χ0v) is 15.9. The van der Waals surface area contributed by atoms with E-state index in [-0.39, 0.29) is 5.97 Å². The second kappa shape index (κ2) is 7.89. The number of esters is 1. The van der Waals surface area contributed by atoms with E-state index in [1.54, 1.807) is 6.07 Å². The third-order valence-corrected chi connectivity index (χ3v) is 5.46. The van der Waals surface area contributed by atoms with Crippen LogP contribution in [-0.2, 0) is 0 Å². The molecule has 0 bridgehead atoms. The molecule has 1 saturated heterocycles. The summed E-state index contributed by atoms with van der Waals surface area (Å²) in [7, 11) is 0. The van der Waals surface area contributed by atoms with E-state index in [9.17, 15) is 4.79 Å². The number of nitrogens with zero attached hydrogens (tertiary/aromatic N) is 1. The lowest BCUT2D eigenvalue weighted by Crippen LogP contribution is -2.34. The van der Waals surface area contributed by atoms with Crippen molar-refractivity contribution in [2.24, 2.45) is 0 Å². The van der Waals surface area contributed by atoms with E-state index < -0.39 is 0 Å². The van der Waals surface area contributed by atoms with Crippen molar-refractivity contribution in [1.82, 2.24) is 4.90 Å². The van der Waals surface area contributed by atoms with E-state index in [0.717, 1.165) is 34.4 Å². The number of rotatable bonds is 3. The van der Waals surface area contributed by atoms with Gasteiger partial charge in [-0.15, -0.1) is 0 Å². The average molecular weight is 375 g/mol. The van der Waals surface area contributed by atoms with Gasteiger partial charge in [-0.1, -0.05) is 48.6 Å². The molecular weight excluding hydrogens is 354 g/mol. The molecule has 0 unspecified atom stereocenters. The van der Waals surface area contributed by atoms with Crippen molar-refractivity contribution >= 4 is 33.9 Å². The molecule has 0 aromatic heterocycles. The van der Waals surface area contributed by atoms with Gasteiger partial charge in [0.15, 0.2) is 0 Å². The molecule has 0 saturated carbocycles. The fraction of sp³-hybridized carbons (Fsp3) is 0.217. The number of benzene rings is 3. The summed E-state index contributed by atoms with van der Waals surface area (Å²) in [4.78, 5) is 15.8. The minimum Gasteiger partial charge on any atom is -0.423 e. The van der Waals surface area contributed by atoms with Gasteiger partial charge in [0.05, 0.1) is 5.56 Å². The van der Waals surface area contributed by atoms with Crippen LogP contribution in [0.5, 0.6) is 5.75 Å². The predicted octanol–water partition coefficient (Wildman–Crippen LogP) is 5.22. The Morgan fingerprint density at radius 1 is 0.852 bits per heavy atom. The average Bonchev–Trinajstić information content (AvgIpc) is 2.74. The molecule has 136 valence electrons. The summed E-state index contributed by atoms with van der Waals surface area (Å²) in [5.74, 6) is 0.177. The topological polar surface area (TPSA) is 29.5 Å². The highest BCUT2D eigenvalue weighted by molar-refractivity contribution is 7.80. The third-order valence-electron chi connectivity index (χ3n) is 4.96. The van der Waals surface area contributed by atoms with Crippen molar-refractivity contribution < 1.29 is 9.53 Å². The summed E-state index contributed by atoms with van der Waals surface area (Å²) in [6.45, 7) is 2.05. The van der Waals surface area contributed by atoms with E-state index >= 15 is 0 Å². The maximum absolute atomic E-state index is 12.6. The third kappa shape index (κ3) is 3.86. The monoisotopic (exact) mass is 375 g/mol. The van der Waals surface area contributed by atoms with Crippen LogP contribution in [-0.4, -0.2) is 28.9 Å². The van der Waals surface area contributed by atoms with Crippen LogP contribution in [0, 0.1) is 0 Å². The SMILES string of the molecule is O=C(Oc1ccc(C(=S)N2CCCCC2)cc1)c1cccc2ccccc12. The summed E-state index contributed by atoms with van der Waals surface area (Å²) in [5.41, 5.74) is 1.57. The molecule has 0 amide bonds. The van der Waals surface area contributed by atoms with Crippen molar-refractivity contribution in [3.05, 3.63) is 77.9 Å². The number of piperidine rings is 1. The highest BCUT2D eigenvalue weighted by Crippen LogP contribution is 2.22. The van der Waals surface area contributed by atoms with Crippen LogP contribution in [0.1, 0.15) is 35.2 Å². The van der Waals surface area contributed by atoms with Gasteiger partial charge in [-0.2, -0.15) is 0 Å². The number of hydrogen-bond donors (Lipinski definition) is 0. The first-order chi connectivity index (χ1) is 13.2. The molecule has 1 aliphatic heterocycles. The van der Waals surface area contributed by atoms with Gasteiger partial charge in [-0.25, -0.2) is 4.79 Å². The van der Waals surface area contributed by atoms with Crippen LogP contribution in [0.25, 0.3) is 10.8 Å². The van der Waals surface area contributed by atoms with Crippen molar-refractivity contribution in [3.8, 4) is 5.75 Å². The van der Waals surface area contributed by atoms with Gasteiger partial charge >= 0.3 is 5.97 Å². The first kappa shape index (κ1) is 17.7. The summed E-state index contributed by atoms with van der Waals surface area (Å²) >= 11 is 5.62. The molecule has 1 aliphatic rings. The fourth-order valence-electron chi connectivity index (χ4n) is 3.51. The van der Waals surface area contributed by atoms with Gasteiger partial charge in [0, 0.05) is 18.7 Å². The number of ether oxygens (including phenoxy) is 1. The zero-order chi connectivity index (χ0) is 18.6. The second-order valence-electron chi connectivity index (χ2n) is 6.79. The Hall–Kier alpha value is -2.72. The lowest BCUT2D eigenvalue weighted by molar-refractivity contribution is 0.0737. The second-order valence-corrected chi connectivity index (χ2v) is 7.18. The van der Waals surface area contributed by atoms with Crippen molar-refractivity contribution in [2.75, 3.05) is 13.1 Å². The molecule has 0 spiro atoms. The Morgan fingerprint density at radius 2 is 1.56 bits per heavy atom. The van der Waals surface area contributed by atoms with Gasteiger partial charge in [0.2, 0.25) is 0 Å². The van der Waals surface area contributed by atoms with E-state index in [0.29, 0.717) is 11.3 Å². The van der Waals surface area contributed by atoms with Crippen molar-refractivity contribution in [2.45, 2.75) is 19.3 Å². The molecule has 0 atom stereocenters. The van der Waals surface area contributed by atoms with Gasteiger partial charge in [0.1, 0.15) is 10.7 Å². The molecule has 0 aliphatic carbocycles. The largest absolute Gasteiger partial charge is 0.423 e. The predicted molar refractivity (Wildman–Crippen MR) is 112 cm³/mol. The van der Waals surface area contributed by atoms with E-state index in [1.807, 2.05) is 60.7 Å². The van der Waals surface area contributed by atoms with Crippen LogP contribution in [0.15, 0.2) is 66.7 Å². The Morgan fingerprint density at radius 3 is 2.33 bits per heavy atom. The first-order valence-electron chi connectivity index (χ1n) is 9.32. The minimum absolute atomic E-state index is 0.349. The first-order valence-corrected chi connectivity index (χ1v) is 9.72. The Labute approximate surface area is 164 Å². The van der Waals surface area contributed by atoms with Gasteiger partial charge < -0.3 is 9.64 Å². The number of carbonyl (C=O) groups excluding carboxylic acids is 1. The molecule has 1 heterocycles.